The SMILES string of the molecule is CC1CB(C#N)CCC1c1cn2c(cnc3[nH]cc(Br)c32)n1. The monoisotopic (exact) mass is 355 g/mol. The van der Waals surface area contributed by atoms with Crippen LogP contribution in [0.15, 0.2) is 23.1 Å². The number of nitrogens with zero attached hydrogens (tertiary/aromatic N) is 4. The Morgan fingerprint density at radius 3 is 3.18 bits per heavy atom. The van der Waals surface area contributed by atoms with Crippen molar-refractivity contribution in [1.82, 2.24) is 19.4 Å². The molecule has 1 saturated heterocycles. The summed E-state index contributed by atoms with van der Waals surface area (Å²) in [5, 5.41) is 9.12. The number of rotatable bonds is 1. The van der Waals surface area contributed by atoms with Crippen molar-refractivity contribution >= 4 is 39.5 Å². The summed E-state index contributed by atoms with van der Waals surface area (Å²) in [5.41, 5.74) is 3.86. The fourth-order valence-electron chi connectivity index (χ4n) is 3.65. The van der Waals surface area contributed by atoms with Gasteiger partial charge in [-0.15, -0.1) is 0 Å². The molecule has 4 heterocycles. The van der Waals surface area contributed by atoms with Gasteiger partial charge in [0.2, 0.25) is 0 Å². The van der Waals surface area contributed by atoms with Crippen molar-refractivity contribution in [2.24, 2.45) is 5.92 Å². The maximum atomic E-state index is 9.12. The van der Waals surface area contributed by atoms with Crippen LogP contribution in [0.3, 0.4) is 0 Å². The summed E-state index contributed by atoms with van der Waals surface area (Å²) in [7, 11) is 0. The second kappa shape index (κ2) is 5.13. The van der Waals surface area contributed by atoms with E-state index >= 15 is 0 Å². The lowest BCUT2D eigenvalue weighted by Crippen LogP contribution is -2.26. The number of halogens is 1. The van der Waals surface area contributed by atoms with Gasteiger partial charge < -0.3 is 4.98 Å². The van der Waals surface area contributed by atoms with Gasteiger partial charge in [-0.3, -0.25) is 4.40 Å². The number of nitrogens with one attached hydrogen (secondary N) is 1. The van der Waals surface area contributed by atoms with E-state index in [2.05, 4.69) is 49.4 Å². The lowest BCUT2D eigenvalue weighted by Gasteiger charge is -2.28. The van der Waals surface area contributed by atoms with Crippen molar-refractivity contribution in [2.45, 2.75) is 31.9 Å². The number of nitriles is 1. The molecule has 0 spiro atoms. The van der Waals surface area contributed by atoms with Crippen LogP contribution in [-0.4, -0.2) is 26.1 Å². The molecular formula is C15H15BBrN5. The molecule has 2 atom stereocenters. The number of hydrogen-bond donors (Lipinski definition) is 1. The third-order valence-electron chi connectivity index (χ3n) is 4.82. The predicted octanol–water partition coefficient (Wildman–Crippen LogP) is 3.65. The molecule has 0 bridgehead atoms. The van der Waals surface area contributed by atoms with E-state index in [9.17, 15) is 0 Å². The zero-order valence-electron chi connectivity index (χ0n) is 12.3. The highest BCUT2D eigenvalue weighted by molar-refractivity contribution is 9.10. The summed E-state index contributed by atoms with van der Waals surface area (Å²) in [6, 6.07) is 0. The Bertz CT molecular complexity index is 892. The van der Waals surface area contributed by atoms with Crippen LogP contribution in [0.25, 0.3) is 16.8 Å². The molecule has 3 aromatic rings. The summed E-state index contributed by atoms with van der Waals surface area (Å²) in [6.07, 6.45) is 8.81. The predicted molar refractivity (Wildman–Crippen MR) is 90.0 cm³/mol. The quantitative estimate of drug-likeness (QED) is 0.677. The average molecular weight is 356 g/mol. The van der Waals surface area contributed by atoms with Gasteiger partial charge in [-0.25, -0.2) is 15.2 Å². The molecule has 0 amide bonds. The number of imidazole rings is 1. The molecule has 3 aromatic heterocycles. The molecular weight excluding hydrogens is 341 g/mol. The van der Waals surface area contributed by atoms with E-state index in [1.54, 1.807) is 6.20 Å². The van der Waals surface area contributed by atoms with Crippen LogP contribution in [0.5, 0.6) is 0 Å². The van der Waals surface area contributed by atoms with Gasteiger partial charge in [0, 0.05) is 24.3 Å². The summed E-state index contributed by atoms with van der Waals surface area (Å²) in [6.45, 7) is 2.44. The van der Waals surface area contributed by atoms with Gasteiger partial charge in [-0.05, 0) is 21.8 Å². The molecule has 5 nitrogen and oxygen atoms in total. The zero-order chi connectivity index (χ0) is 15.3. The first kappa shape index (κ1) is 13.8. The van der Waals surface area contributed by atoms with Gasteiger partial charge in [0.15, 0.2) is 11.3 Å². The fraction of sp³-hybridized carbons (Fsp3) is 0.400. The van der Waals surface area contributed by atoms with E-state index in [0.29, 0.717) is 11.8 Å². The average Bonchev–Trinajstić information content (AvgIpc) is 3.10. The Morgan fingerprint density at radius 2 is 2.41 bits per heavy atom. The molecule has 2 unspecified atom stereocenters. The van der Waals surface area contributed by atoms with Gasteiger partial charge >= 0.3 is 0 Å². The van der Waals surface area contributed by atoms with E-state index in [0.717, 1.165) is 46.0 Å². The topological polar surface area (TPSA) is 69.8 Å². The van der Waals surface area contributed by atoms with Crippen LogP contribution in [0, 0.1) is 17.1 Å². The van der Waals surface area contributed by atoms with Crippen LogP contribution >= 0.6 is 15.9 Å². The van der Waals surface area contributed by atoms with Gasteiger partial charge in [0.1, 0.15) is 5.52 Å². The molecule has 1 N–H and O–H groups in total. The normalized spacial score (nSPS) is 22.3. The number of aromatic amines is 1. The molecule has 110 valence electrons. The van der Waals surface area contributed by atoms with E-state index < -0.39 is 0 Å². The highest BCUT2D eigenvalue weighted by Gasteiger charge is 2.32. The molecule has 4 rings (SSSR count). The third-order valence-corrected chi connectivity index (χ3v) is 5.42. The Balaban J connectivity index is 1.78. The van der Waals surface area contributed by atoms with E-state index in [1.165, 1.54) is 0 Å². The largest absolute Gasteiger partial charge is 0.344 e. The van der Waals surface area contributed by atoms with Gasteiger partial charge in [0.25, 0.3) is 6.71 Å². The van der Waals surface area contributed by atoms with Crippen LogP contribution in [0.4, 0.5) is 0 Å². The second-order valence-electron chi connectivity index (χ2n) is 6.21. The minimum atomic E-state index is 0.204. The van der Waals surface area contributed by atoms with Gasteiger partial charge in [0.05, 0.1) is 16.4 Å². The second-order valence-corrected chi connectivity index (χ2v) is 7.06. The van der Waals surface area contributed by atoms with Crippen molar-refractivity contribution in [3.05, 3.63) is 28.8 Å². The van der Waals surface area contributed by atoms with Crippen molar-refractivity contribution in [3.8, 4) is 5.97 Å². The summed E-state index contributed by atoms with van der Waals surface area (Å²) in [5.74, 6) is 3.33. The number of hydrogen-bond acceptors (Lipinski definition) is 3. The molecule has 0 saturated carbocycles. The molecule has 0 aromatic carbocycles. The van der Waals surface area contributed by atoms with Crippen molar-refractivity contribution < 1.29 is 0 Å². The summed E-state index contributed by atoms with van der Waals surface area (Å²) >= 11 is 3.57. The van der Waals surface area contributed by atoms with Crippen LogP contribution in [-0.2, 0) is 0 Å². The standard InChI is InChI=1S/C15H15BBrN5/c1-9-4-16(8-18)3-2-10(9)12-7-22-13(21-12)6-20-15-14(22)11(17)5-19-15/h5-7,9-10,19H,2-4H2,1H3. The Kier molecular flexibility index (Phi) is 3.23. The molecule has 7 heteroatoms. The zero-order valence-corrected chi connectivity index (χ0v) is 13.8. The number of fused-ring (bicyclic) bond motifs is 3. The van der Waals surface area contributed by atoms with Crippen molar-refractivity contribution in [3.63, 3.8) is 0 Å². The smallest absolute Gasteiger partial charge is 0.268 e. The maximum Gasteiger partial charge on any atom is 0.268 e. The van der Waals surface area contributed by atoms with Gasteiger partial charge in [-0.1, -0.05) is 26.0 Å². The van der Waals surface area contributed by atoms with E-state index in [-0.39, 0.29) is 6.71 Å². The summed E-state index contributed by atoms with van der Waals surface area (Å²) in [4.78, 5) is 12.4. The third kappa shape index (κ3) is 2.05. The van der Waals surface area contributed by atoms with Crippen LogP contribution in [0.1, 0.15) is 25.0 Å². The van der Waals surface area contributed by atoms with Crippen LogP contribution < -0.4 is 0 Å². The number of H-pyrrole nitrogens is 1. The number of aromatic nitrogens is 4. The summed E-state index contributed by atoms with van der Waals surface area (Å²) < 4.78 is 3.09. The Morgan fingerprint density at radius 1 is 1.55 bits per heavy atom. The minimum absolute atomic E-state index is 0.204. The van der Waals surface area contributed by atoms with Crippen molar-refractivity contribution in [1.29, 1.82) is 5.26 Å². The lowest BCUT2D eigenvalue weighted by atomic mass is 9.39. The molecule has 1 aliphatic heterocycles. The van der Waals surface area contributed by atoms with E-state index in [4.69, 9.17) is 10.2 Å². The minimum Gasteiger partial charge on any atom is -0.344 e. The van der Waals surface area contributed by atoms with E-state index in [1.807, 2.05) is 6.20 Å². The first-order valence-electron chi connectivity index (χ1n) is 7.57. The van der Waals surface area contributed by atoms with Crippen LogP contribution in [0.2, 0.25) is 12.6 Å². The Labute approximate surface area is 137 Å². The first-order chi connectivity index (χ1) is 10.7. The highest BCUT2D eigenvalue weighted by Crippen LogP contribution is 2.38. The molecule has 0 aliphatic carbocycles. The molecule has 0 radical (unpaired) electrons. The first-order valence-corrected chi connectivity index (χ1v) is 8.37. The molecule has 1 fully saturated rings. The van der Waals surface area contributed by atoms with Crippen molar-refractivity contribution in [2.75, 3.05) is 0 Å². The maximum absolute atomic E-state index is 9.12. The molecule has 22 heavy (non-hydrogen) atoms. The molecule has 1 aliphatic rings. The highest BCUT2D eigenvalue weighted by atomic mass is 79.9. The fourth-order valence-corrected chi connectivity index (χ4v) is 4.14. The van der Waals surface area contributed by atoms with Gasteiger partial charge in [-0.2, -0.15) is 0 Å². The Hall–Kier alpha value is -1.81. The lowest BCUT2D eigenvalue weighted by molar-refractivity contribution is 0.454.